The fourth-order valence-electron chi connectivity index (χ4n) is 3.73. The molecule has 112 valence electrons. The van der Waals surface area contributed by atoms with Gasteiger partial charge in [-0.2, -0.15) is 0 Å². The van der Waals surface area contributed by atoms with Crippen LogP contribution >= 0.6 is 0 Å². The van der Waals surface area contributed by atoms with Crippen LogP contribution in [-0.4, -0.2) is 43.3 Å². The second kappa shape index (κ2) is 7.05. The van der Waals surface area contributed by atoms with Crippen LogP contribution in [0.25, 0.3) is 0 Å². The van der Waals surface area contributed by atoms with E-state index < -0.39 is 0 Å². The zero-order chi connectivity index (χ0) is 13.7. The lowest BCUT2D eigenvalue weighted by atomic mass is 9.69. The van der Waals surface area contributed by atoms with Crippen molar-refractivity contribution >= 4 is 0 Å². The Balaban J connectivity index is 1.81. The Labute approximate surface area is 118 Å². The summed E-state index contributed by atoms with van der Waals surface area (Å²) in [6.45, 7) is 8.71. The molecule has 2 atom stereocenters. The lowest BCUT2D eigenvalue weighted by Crippen LogP contribution is -2.69. The third-order valence-corrected chi connectivity index (χ3v) is 5.14. The molecule has 0 amide bonds. The molecule has 0 radical (unpaired) electrons. The summed E-state index contributed by atoms with van der Waals surface area (Å²) in [6, 6.07) is 1.06. The maximum absolute atomic E-state index is 6.28. The minimum Gasteiger partial charge on any atom is -0.380 e. The number of rotatable bonds is 7. The fraction of sp³-hybridized carbons (Fsp3) is 1.00. The van der Waals surface area contributed by atoms with Crippen molar-refractivity contribution in [2.24, 2.45) is 11.1 Å². The zero-order valence-electron chi connectivity index (χ0n) is 12.9. The van der Waals surface area contributed by atoms with Gasteiger partial charge < -0.3 is 10.5 Å². The molecule has 2 saturated heterocycles. The normalized spacial score (nSPS) is 28.3. The van der Waals surface area contributed by atoms with Gasteiger partial charge in [-0.3, -0.25) is 4.90 Å². The average molecular weight is 268 g/mol. The van der Waals surface area contributed by atoms with Crippen LogP contribution in [0.1, 0.15) is 58.8 Å². The summed E-state index contributed by atoms with van der Waals surface area (Å²) in [5.41, 5.74) is 6.67. The molecule has 2 N–H and O–H groups in total. The predicted molar refractivity (Wildman–Crippen MR) is 80.3 cm³/mol. The van der Waals surface area contributed by atoms with E-state index in [-0.39, 0.29) is 6.04 Å². The summed E-state index contributed by atoms with van der Waals surface area (Å²) in [7, 11) is 0. The second-order valence-corrected chi connectivity index (χ2v) is 6.64. The summed E-state index contributed by atoms with van der Waals surface area (Å²) in [5.74, 6) is 0. The van der Waals surface area contributed by atoms with Crippen LogP contribution in [0.2, 0.25) is 0 Å². The van der Waals surface area contributed by atoms with Gasteiger partial charge in [0.05, 0.1) is 6.61 Å². The topological polar surface area (TPSA) is 38.5 Å². The Kier molecular flexibility index (Phi) is 5.67. The molecule has 2 rings (SSSR count). The number of unbranched alkanes of at least 4 members (excludes halogenated alkanes) is 2. The summed E-state index contributed by atoms with van der Waals surface area (Å²) < 4.78 is 5.49. The van der Waals surface area contributed by atoms with E-state index in [0.29, 0.717) is 5.41 Å². The van der Waals surface area contributed by atoms with E-state index in [1.54, 1.807) is 0 Å². The quantitative estimate of drug-likeness (QED) is 0.722. The lowest BCUT2D eigenvalue weighted by Gasteiger charge is -2.57. The van der Waals surface area contributed by atoms with Crippen LogP contribution in [0.5, 0.6) is 0 Å². The monoisotopic (exact) mass is 268 g/mol. The molecule has 0 aromatic rings. The maximum atomic E-state index is 6.28. The Morgan fingerprint density at radius 1 is 1.21 bits per heavy atom. The summed E-state index contributed by atoms with van der Waals surface area (Å²) >= 11 is 0. The van der Waals surface area contributed by atoms with E-state index in [0.717, 1.165) is 19.3 Å². The Bertz CT molecular complexity index is 263. The van der Waals surface area contributed by atoms with E-state index in [2.05, 4.69) is 18.7 Å². The molecule has 2 aliphatic rings. The predicted octanol–water partition coefficient (Wildman–Crippen LogP) is 2.79. The van der Waals surface area contributed by atoms with Gasteiger partial charge in [0.2, 0.25) is 0 Å². The van der Waals surface area contributed by atoms with Gasteiger partial charge in [-0.05, 0) is 19.3 Å². The highest BCUT2D eigenvalue weighted by molar-refractivity contribution is 5.04. The number of likely N-dealkylation sites (tertiary alicyclic amines) is 1. The van der Waals surface area contributed by atoms with Gasteiger partial charge in [-0.25, -0.2) is 0 Å². The molecular formula is C16H32N2O. The molecule has 0 saturated carbocycles. The molecule has 3 nitrogen and oxygen atoms in total. The molecule has 0 aromatic carbocycles. The first-order valence-electron chi connectivity index (χ1n) is 8.29. The largest absolute Gasteiger partial charge is 0.380 e. The number of hydrogen-bond acceptors (Lipinski definition) is 3. The molecule has 0 aliphatic carbocycles. The van der Waals surface area contributed by atoms with Crippen molar-refractivity contribution in [2.45, 2.75) is 70.9 Å². The van der Waals surface area contributed by atoms with Gasteiger partial charge in [-0.15, -0.1) is 0 Å². The molecule has 0 aromatic heterocycles. The number of nitrogens with two attached hydrogens (primary N) is 1. The average Bonchev–Trinajstić information content (AvgIpc) is 2.36. The van der Waals surface area contributed by atoms with Gasteiger partial charge in [0.25, 0.3) is 0 Å². The number of nitrogens with zero attached hydrogens (tertiary/aromatic N) is 1. The molecular weight excluding hydrogens is 236 g/mol. The van der Waals surface area contributed by atoms with Gasteiger partial charge in [0.1, 0.15) is 0 Å². The highest BCUT2D eigenvalue weighted by Crippen LogP contribution is 2.41. The smallest absolute Gasteiger partial charge is 0.0623 e. The summed E-state index contributed by atoms with van der Waals surface area (Å²) in [5, 5.41) is 0. The van der Waals surface area contributed by atoms with Gasteiger partial charge >= 0.3 is 0 Å². The SMILES string of the molecule is CCCCCC(CCC)N1CC2(CCOC[C@@H]2N)C1. The fourth-order valence-corrected chi connectivity index (χ4v) is 3.73. The van der Waals surface area contributed by atoms with Crippen LogP contribution in [-0.2, 0) is 4.74 Å². The van der Waals surface area contributed by atoms with Gasteiger partial charge in [-0.1, -0.05) is 39.5 Å². The van der Waals surface area contributed by atoms with Crippen molar-refractivity contribution in [3.05, 3.63) is 0 Å². The van der Waals surface area contributed by atoms with Crippen molar-refractivity contribution < 1.29 is 4.74 Å². The molecule has 2 aliphatic heterocycles. The molecule has 19 heavy (non-hydrogen) atoms. The Hall–Kier alpha value is -0.120. The van der Waals surface area contributed by atoms with Crippen LogP contribution in [0.15, 0.2) is 0 Å². The van der Waals surface area contributed by atoms with E-state index >= 15 is 0 Å². The van der Waals surface area contributed by atoms with Crippen molar-refractivity contribution in [2.75, 3.05) is 26.3 Å². The number of hydrogen-bond donors (Lipinski definition) is 1. The van der Waals surface area contributed by atoms with Crippen molar-refractivity contribution in [1.82, 2.24) is 4.90 Å². The van der Waals surface area contributed by atoms with Crippen molar-refractivity contribution in [3.8, 4) is 0 Å². The highest BCUT2D eigenvalue weighted by Gasteiger charge is 2.50. The van der Waals surface area contributed by atoms with E-state index in [4.69, 9.17) is 10.5 Å². The first-order chi connectivity index (χ1) is 9.22. The number of ether oxygens (including phenoxy) is 1. The first kappa shape index (κ1) is 15.3. The highest BCUT2D eigenvalue weighted by atomic mass is 16.5. The minimum atomic E-state index is 0.260. The summed E-state index contributed by atoms with van der Waals surface area (Å²) in [4.78, 5) is 2.70. The van der Waals surface area contributed by atoms with E-state index in [9.17, 15) is 0 Å². The minimum absolute atomic E-state index is 0.260. The zero-order valence-corrected chi connectivity index (χ0v) is 12.9. The van der Waals surface area contributed by atoms with Crippen LogP contribution < -0.4 is 5.73 Å². The standard InChI is InChI=1S/C16H32N2O/c1-3-5-6-8-14(7-4-2)18-12-16(13-18)9-10-19-11-15(16)17/h14-15H,3-13,17H2,1-2H3/t14?,15-/m0/s1. The Morgan fingerprint density at radius 3 is 2.63 bits per heavy atom. The van der Waals surface area contributed by atoms with Crippen LogP contribution in [0, 0.1) is 5.41 Å². The van der Waals surface area contributed by atoms with E-state index in [1.807, 2.05) is 0 Å². The third-order valence-electron chi connectivity index (χ3n) is 5.14. The van der Waals surface area contributed by atoms with Gasteiger partial charge in [0.15, 0.2) is 0 Å². The molecule has 2 fully saturated rings. The third kappa shape index (κ3) is 3.50. The first-order valence-corrected chi connectivity index (χ1v) is 8.29. The van der Waals surface area contributed by atoms with Gasteiger partial charge in [0, 0.05) is 37.2 Å². The molecule has 3 heteroatoms. The summed E-state index contributed by atoms with van der Waals surface area (Å²) in [6.07, 6.45) is 9.29. The van der Waals surface area contributed by atoms with Crippen molar-refractivity contribution in [3.63, 3.8) is 0 Å². The van der Waals surface area contributed by atoms with Crippen LogP contribution in [0.4, 0.5) is 0 Å². The maximum Gasteiger partial charge on any atom is 0.0623 e. The lowest BCUT2D eigenvalue weighted by molar-refractivity contribution is -0.113. The molecule has 2 heterocycles. The Morgan fingerprint density at radius 2 is 2.00 bits per heavy atom. The van der Waals surface area contributed by atoms with E-state index in [1.165, 1.54) is 58.0 Å². The molecule has 1 spiro atoms. The molecule has 0 bridgehead atoms. The molecule has 1 unspecified atom stereocenters. The van der Waals surface area contributed by atoms with Crippen molar-refractivity contribution in [1.29, 1.82) is 0 Å². The second-order valence-electron chi connectivity index (χ2n) is 6.64. The van der Waals surface area contributed by atoms with Crippen LogP contribution in [0.3, 0.4) is 0 Å².